The van der Waals surface area contributed by atoms with E-state index in [2.05, 4.69) is 5.32 Å². The van der Waals surface area contributed by atoms with Gasteiger partial charge in [-0.05, 0) is 24.6 Å². The lowest BCUT2D eigenvalue weighted by atomic mass is 10.1. The van der Waals surface area contributed by atoms with Gasteiger partial charge in [0.25, 0.3) is 5.91 Å². The van der Waals surface area contributed by atoms with Crippen LogP contribution in [0.25, 0.3) is 0 Å². The van der Waals surface area contributed by atoms with Gasteiger partial charge in [0, 0.05) is 24.8 Å². The highest BCUT2D eigenvalue weighted by Gasteiger charge is 2.16. The topological polar surface area (TPSA) is 121 Å². The minimum absolute atomic E-state index is 0.0313. The highest BCUT2D eigenvalue weighted by Crippen LogP contribution is 2.15. The van der Waals surface area contributed by atoms with Crippen LogP contribution in [0.4, 0.5) is 0 Å². The van der Waals surface area contributed by atoms with Gasteiger partial charge in [-0.1, -0.05) is 6.07 Å². The Morgan fingerprint density at radius 1 is 1.33 bits per heavy atom. The summed E-state index contributed by atoms with van der Waals surface area (Å²) >= 11 is 0. The van der Waals surface area contributed by atoms with Gasteiger partial charge in [-0.25, -0.2) is 13.2 Å². The molecule has 116 valence electrons. The first-order valence-electron chi connectivity index (χ1n) is 6.12. The zero-order valence-corrected chi connectivity index (χ0v) is 12.5. The number of carbonyl (C=O) groups excluding carboxylic acids is 1. The molecule has 1 aromatic rings. The lowest BCUT2D eigenvalue weighted by molar-refractivity contribution is -0.146. The maximum atomic E-state index is 12.0. The number of sulfone groups is 1. The Kier molecular flexibility index (Phi) is 5.45. The van der Waals surface area contributed by atoms with Gasteiger partial charge in [-0.2, -0.15) is 0 Å². The van der Waals surface area contributed by atoms with Crippen molar-refractivity contribution in [1.29, 1.82) is 0 Å². The molecule has 7 nitrogen and oxygen atoms in total. The van der Waals surface area contributed by atoms with Crippen molar-refractivity contribution in [3.8, 4) is 0 Å². The van der Waals surface area contributed by atoms with Crippen molar-refractivity contribution in [2.24, 2.45) is 0 Å². The Morgan fingerprint density at radius 3 is 2.48 bits per heavy atom. The van der Waals surface area contributed by atoms with E-state index in [1.807, 2.05) is 0 Å². The van der Waals surface area contributed by atoms with E-state index in [4.69, 9.17) is 10.2 Å². The molecule has 1 atom stereocenters. The first kappa shape index (κ1) is 17.1. The quantitative estimate of drug-likeness (QED) is 0.677. The molecule has 1 rings (SSSR count). The molecule has 1 amide bonds. The van der Waals surface area contributed by atoms with E-state index in [1.165, 1.54) is 18.2 Å². The normalized spacial score (nSPS) is 12.7. The molecule has 0 aliphatic rings. The molecule has 21 heavy (non-hydrogen) atoms. The maximum absolute atomic E-state index is 12.0. The number of nitrogens with one attached hydrogen (secondary N) is 1. The molecule has 0 fully saturated rings. The van der Waals surface area contributed by atoms with Crippen LogP contribution in [0, 0.1) is 6.92 Å². The van der Waals surface area contributed by atoms with Crippen molar-refractivity contribution in [1.82, 2.24) is 5.32 Å². The number of aliphatic hydroxyl groups excluding tert-OH is 1. The van der Waals surface area contributed by atoms with Crippen LogP contribution in [0.1, 0.15) is 22.3 Å². The van der Waals surface area contributed by atoms with Gasteiger partial charge < -0.3 is 15.5 Å². The molecule has 0 bridgehead atoms. The summed E-state index contributed by atoms with van der Waals surface area (Å²) in [5.41, 5.74) is 0.793. The number of carboxylic acids is 1. The number of benzene rings is 1. The average Bonchev–Trinajstić information content (AvgIpc) is 2.37. The van der Waals surface area contributed by atoms with Crippen LogP contribution in [0.5, 0.6) is 0 Å². The maximum Gasteiger partial charge on any atom is 0.332 e. The van der Waals surface area contributed by atoms with Crippen molar-refractivity contribution < 1.29 is 28.2 Å². The summed E-state index contributed by atoms with van der Waals surface area (Å²) in [4.78, 5) is 22.4. The number of aliphatic carboxylic acids is 1. The fraction of sp³-hybridized carbons (Fsp3) is 0.385. The van der Waals surface area contributed by atoms with Gasteiger partial charge in [-0.3, -0.25) is 4.79 Å². The van der Waals surface area contributed by atoms with Crippen molar-refractivity contribution in [3.05, 3.63) is 29.3 Å². The van der Waals surface area contributed by atoms with Crippen LogP contribution in [-0.4, -0.2) is 49.4 Å². The molecular formula is C13H17NO6S. The first-order chi connectivity index (χ1) is 9.62. The molecule has 1 aromatic carbocycles. The number of carboxylic acid groups (broad SMARTS) is 1. The number of hydrogen-bond acceptors (Lipinski definition) is 5. The van der Waals surface area contributed by atoms with Crippen molar-refractivity contribution in [3.63, 3.8) is 0 Å². The molecular weight excluding hydrogens is 298 g/mol. The summed E-state index contributed by atoms with van der Waals surface area (Å²) < 4.78 is 22.9. The molecule has 0 saturated carbocycles. The summed E-state index contributed by atoms with van der Waals surface area (Å²) in [6.45, 7) is 1.63. The number of aryl methyl sites for hydroxylation is 1. The Balaban J connectivity index is 2.81. The van der Waals surface area contributed by atoms with Crippen molar-refractivity contribution in [2.75, 3.05) is 12.8 Å². The zero-order chi connectivity index (χ0) is 16.2. The number of amides is 1. The van der Waals surface area contributed by atoms with Gasteiger partial charge in [0.2, 0.25) is 0 Å². The van der Waals surface area contributed by atoms with Gasteiger partial charge >= 0.3 is 5.97 Å². The molecule has 0 unspecified atom stereocenters. The lowest BCUT2D eigenvalue weighted by Crippen LogP contribution is -2.30. The molecule has 0 aromatic heterocycles. The van der Waals surface area contributed by atoms with Crippen molar-refractivity contribution in [2.45, 2.75) is 24.3 Å². The number of hydrogen-bond donors (Lipinski definition) is 3. The Bertz CT molecular complexity index is 653. The SMILES string of the molecule is Cc1ccc(S(C)(=O)=O)cc1C(=O)NCC[C@H](O)C(=O)O. The van der Waals surface area contributed by atoms with Crippen LogP contribution < -0.4 is 5.32 Å². The molecule has 0 spiro atoms. The number of carbonyl (C=O) groups is 2. The highest BCUT2D eigenvalue weighted by atomic mass is 32.2. The molecule has 0 aliphatic carbocycles. The van der Waals surface area contributed by atoms with E-state index in [0.29, 0.717) is 5.56 Å². The lowest BCUT2D eigenvalue weighted by Gasteiger charge is -2.10. The Labute approximate surface area is 122 Å². The third kappa shape index (κ3) is 4.83. The van der Waals surface area contributed by atoms with Gasteiger partial charge in [-0.15, -0.1) is 0 Å². The first-order valence-corrected chi connectivity index (χ1v) is 8.02. The third-order valence-electron chi connectivity index (χ3n) is 2.87. The Morgan fingerprint density at radius 2 is 1.95 bits per heavy atom. The van der Waals surface area contributed by atoms with Gasteiger partial charge in [0.05, 0.1) is 4.90 Å². The van der Waals surface area contributed by atoms with E-state index in [9.17, 15) is 18.0 Å². The van der Waals surface area contributed by atoms with Crippen LogP contribution in [0.3, 0.4) is 0 Å². The fourth-order valence-electron chi connectivity index (χ4n) is 1.62. The number of aliphatic hydroxyl groups is 1. The summed E-state index contributed by atoms with van der Waals surface area (Å²) in [5, 5.41) is 20.0. The predicted molar refractivity (Wildman–Crippen MR) is 74.9 cm³/mol. The molecule has 8 heteroatoms. The minimum atomic E-state index is -3.42. The highest BCUT2D eigenvalue weighted by molar-refractivity contribution is 7.90. The second-order valence-corrected chi connectivity index (χ2v) is 6.66. The second kappa shape index (κ2) is 6.68. The Hall–Kier alpha value is -1.93. The monoisotopic (exact) mass is 315 g/mol. The fourth-order valence-corrected chi connectivity index (χ4v) is 2.26. The van der Waals surface area contributed by atoms with E-state index in [-0.39, 0.29) is 23.4 Å². The van der Waals surface area contributed by atoms with E-state index >= 15 is 0 Å². The molecule has 0 heterocycles. The van der Waals surface area contributed by atoms with Crippen molar-refractivity contribution >= 4 is 21.7 Å². The smallest absolute Gasteiger partial charge is 0.332 e. The second-order valence-electron chi connectivity index (χ2n) is 4.65. The molecule has 0 saturated heterocycles. The molecule has 0 radical (unpaired) electrons. The molecule has 3 N–H and O–H groups in total. The zero-order valence-electron chi connectivity index (χ0n) is 11.7. The van der Waals surface area contributed by atoms with Crippen LogP contribution in [0.2, 0.25) is 0 Å². The largest absolute Gasteiger partial charge is 0.479 e. The minimum Gasteiger partial charge on any atom is -0.479 e. The van der Waals surface area contributed by atoms with Crippen LogP contribution in [-0.2, 0) is 14.6 Å². The van der Waals surface area contributed by atoms with Crippen LogP contribution in [0.15, 0.2) is 23.1 Å². The summed E-state index contributed by atoms with van der Waals surface area (Å²) in [6, 6.07) is 4.21. The summed E-state index contributed by atoms with van der Waals surface area (Å²) in [6.07, 6.45) is -0.636. The van der Waals surface area contributed by atoms with Gasteiger partial charge in [0.1, 0.15) is 0 Å². The summed E-state index contributed by atoms with van der Waals surface area (Å²) in [5.74, 6) is -1.88. The van der Waals surface area contributed by atoms with Crippen LogP contribution >= 0.6 is 0 Å². The van der Waals surface area contributed by atoms with Gasteiger partial charge in [0.15, 0.2) is 15.9 Å². The van der Waals surface area contributed by atoms with E-state index in [1.54, 1.807) is 6.92 Å². The average molecular weight is 315 g/mol. The van der Waals surface area contributed by atoms with E-state index < -0.39 is 27.8 Å². The predicted octanol–water partition coefficient (Wildman–Crippen LogP) is -0.0361. The molecule has 0 aliphatic heterocycles. The number of rotatable bonds is 6. The van der Waals surface area contributed by atoms with E-state index in [0.717, 1.165) is 6.26 Å². The standard InChI is InChI=1S/C13H17NO6S/c1-8-3-4-9(21(2,19)20)7-10(8)12(16)14-6-5-11(15)13(17)18/h3-4,7,11,15H,5-6H2,1-2H3,(H,14,16)(H,17,18)/t11-/m0/s1. The third-order valence-corrected chi connectivity index (χ3v) is 3.98. The summed E-state index contributed by atoms with van der Waals surface area (Å²) in [7, 11) is -3.42.